The SMILES string of the molecule is CCCN1C=NCC1N(C(=O)OC)c1cccc(OCC)c1OCC. The summed E-state index contributed by atoms with van der Waals surface area (Å²) in [6, 6.07) is 5.52. The van der Waals surface area contributed by atoms with Gasteiger partial charge in [0.15, 0.2) is 11.5 Å². The van der Waals surface area contributed by atoms with E-state index in [1.54, 1.807) is 11.2 Å². The van der Waals surface area contributed by atoms with Crippen molar-refractivity contribution in [2.75, 3.05) is 38.3 Å². The van der Waals surface area contributed by atoms with Gasteiger partial charge in [-0.15, -0.1) is 0 Å². The zero-order valence-electron chi connectivity index (χ0n) is 15.4. The fourth-order valence-corrected chi connectivity index (χ4v) is 2.85. The molecule has 1 aromatic rings. The summed E-state index contributed by atoms with van der Waals surface area (Å²) in [5, 5.41) is 0. The van der Waals surface area contributed by atoms with E-state index in [9.17, 15) is 4.79 Å². The minimum absolute atomic E-state index is 0.247. The van der Waals surface area contributed by atoms with Gasteiger partial charge < -0.3 is 19.1 Å². The fraction of sp³-hybridized carbons (Fsp3) is 0.556. The van der Waals surface area contributed by atoms with Crippen LogP contribution in [0.2, 0.25) is 0 Å². The van der Waals surface area contributed by atoms with Crippen LogP contribution < -0.4 is 14.4 Å². The zero-order chi connectivity index (χ0) is 18.2. The van der Waals surface area contributed by atoms with Crippen molar-refractivity contribution in [2.24, 2.45) is 4.99 Å². The molecule has 1 aromatic carbocycles. The lowest BCUT2D eigenvalue weighted by Crippen LogP contribution is -2.50. The lowest BCUT2D eigenvalue weighted by molar-refractivity contribution is 0.169. The van der Waals surface area contributed by atoms with Crippen LogP contribution in [0.3, 0.4) is 0 Å². The maximum Gasteiger partial charge on any atom is 0.415 e. The van der Waals surface area contributed by atoms with Crippen LogP contribution in [-0.4, -0.2) is 56.9 Å². The van der Waals surface area contributed by atoms with E-state index in [0.717, 1.165) is 13.0 Å². The van der Waals surface area contributed by atoms with Crippen LogP contribution in [-0.2, 0) is 4.74 Å². The number of hydrogen-bond acceptors (Lipinski definition) is 6. The molecule has 138 valence electrons. The molecule has 0 fully saturated rings. The molecule has 1 unspecified atom stereocenters. The molecular formula is C18H27N3O4. The summed E-state index contributed by atoms with van der Waals surface area (Å²) in [7, 11) is 1.38. The van der Waals surface area contributed by atoms with E-state index in [1.165, 1.54) is 7.11 Å². The Morgan fingerprint density at radius 2 is 2.04 bits per heavy atom. The first-order valence-corrected chi connectivity index (χ1v) is 8.69. The smallest absolute Gasteiger partial charge is 0.415 e. The van der Waals surface area contributed by atoms with Gasteiger partial charge in [0, 0.05) is 6.54 Å². The number of carbonyl (C=O) groups is 1. The average Bonchev–Trinajstić information content (AvgIpc) is 3.06. The summed E-state index contributed by atoms with van der Waals surface area (Å²) < 4.78 is 16.5. The van der Waals surface area contributed by atoms with Gasteiger partial charge in [-0.25, -0.2) is 4.79 Å². The molecule has 1 aliphatic rings. The van der Waals surface area contributed by atoms with Gasteiger partial charge in [0.1, 0.15) is 6.17 Å². The normalized spacial score (nSPS) is 16.0. The Hall–Kier alpha value is -2.44. The first-order valence-electron chi connectivity index (χ1n) is 8.69. The van der Waals surface area contributed by atoms with E-state index in [2.05, 4.69) is 11.9 Å². The van der Waals surface area contributed by atoms with Crippen LogP contribution in [0.1, 0.15) is 27.2 Å². The summed E-state index contributed by atoms with van der Waals surface area (Å²) >= 11 is 0. The van der Waals surface area contributed by atoms with Crippen LogP contribution >= 0.6 is 0 Å². The first kappa shape index (κ1) is 18.9. The molecule has 1 heterocycles. The maximum absolute atomic E-state index is 12.6. The van der Waals surface area contributed by atoms with E-state index in [0.29, 0.717) is 36.9 Å². The van der Waals surface area contributed by atoms with E-state index < -0.39 is 6.09 Å². The third-order valence-corrected chi connectivity index (χ3v) is 3.84. The van der Waals surface area contributed by atoms with Gasteiger partial charge in [-0.05, 0) is 32.4 Å². The van der Waals surface area contributed by atoms with Gasteiger partial charge in [-0.3, -0.25) is 9.89 Å². The third kappa shape index (κ3) is 4.15. The molecule has 0 spiro atoms. The third-order valence-electron chi connectivity index (χ3n) is 3.84. The maximum atomic E-state index is 12.6. The van der Waals surface area contributed by atoms with Gasteiger partial charge in [-0.1, -0.05) is 13.0 Å². The van der Waals surface area contributed by atoms with Gasteiger partial charge in [0.2, 0.25) is 0 Å². The molecule has 2 rings (SSSR count). The van der Waals surface area contributed by atoms with Crippen molar-refractivity contribution in [3.63, 3.8) is 0 Å². The standard InChI is InChI=1S/C18H27N3O4/c1-5-11-20-13-19-12-16(20)21(18(22)23-4)14-9-8-10-15(24-6-2)17(14)25-7-3/h8-10,13,16H,5-7,11-12H2,1-4H3. The van der Waals surface area contributed by atoms with E-state index in [-0.39, 0.29) is 6.17 Å². The molecule has 7 nitrogen and oxygen atoms in total. The van der Waals surface area contributed by atoms with Crippen molar-refractivity contribution in [3.05, 3.63) is 18.2 Å². The molecule has 1 amide bonds. The predicted octanol–water partition coefficient (Wildman–Crippen LogP) is 3.14. The topological polar surface area (TPSA) is 63.6 Å². The largest absolute Gasteiger partial charge is 0.490 e. The molecule has 0 radical (unpaired) electrons. The fourth-order valence-electron chi connectivity index (χ4n) is 2.85. The number of amides is 1. The Bertz CT molecular complexity index is 606. The Labute approximate surface area is 149 Å². The lowest BCUT2D eigenvalue weighted by atomic mass is 10.2. The highest BCUT2D eigenvalue weighted by Crippen LogP contribution is 2.39. The number of para-hydroxylation sites is 1. The summed E-state index contributed by atoms with van der Waals surface area (Å²) in [6.45, 7) is 8.16. The molecule has 1 atom stereocenters. The number of nitrogens with zero attached hydrogens (tertiary/aromatic N) is 3. The van der Waals surface area contributed by atoms with Crippen LogP contribution in [0.25, 0.3) is 0 Å². The molecule has 0 aliphatic carbocycles. The summed E-state index contributed by atoms with van der Waals surface area (Å²) in [6.07, 6.45) is 2.04. The highest BCUT2D eigenvalue weighted by molar-refractivity contribution is 5.91. The van der Waals surface area contributed by atoms with E-state index in [4.69, 9.17) is 14.2 Å². The second-order valence-corrected chi connectivity index (χ2v) is 5.51. The van der Waals surface area contributed by atoms with Crippen LogP contribution in [0.15, 0.2) is 23.2 Å². The Morgan fingerprint density at radius 3 is 2.68 bits per heavy atom. The van der Waals surface area contributed by atoms with Crippen LogP contribution in [0.5, 0.6) is 11.5 Å². The van der Waals surface area contributed by atoms with Crippen molar-refractivity contribution < 1.29 is 19.0 Å². The highest BCUT2D eigenvalue weighted by Gasteiger charge is 2.34. The zero-order valence-corrected chi connectivity index (χ0v) is 15.4. The highest BCUT2D eigenvalue weighted by atomic mass is 16.5. The molecule has 0 saturated carbocycles. The Morgan fingerprint density at radius 1 is 1.28 bits per heavy atom. The molecule has 0 bridgehead atoms. The first-order chi connectivity index (χ1) is 12.2. The monoisotopic (exact) mass is 349 g/mol. The Kier molecular flexibility index (Phi) is 6.91. The Balaban J connectivity index is 2.47. The number of ether oxygens (including phenoxy) is 3. The summed E-state index contributed by atoms with van der Waals surface area (Å²) in [4.78, 5) is 20.6. The van der Waals surface area contributed by atoms with Gasteiger partial charge in [0.25, 0.3) is 0 Å². The summed E-state index contributed by atoms with van der Waals surface area (Å²) in [5.41, 5.74) is 0.622. The molecular weight excluding hydrogens is 322 g/mol. The van der Waals surface area contributed by atoms with Crippen molar-refractivity contribution >= 4 is 18.1 Å². The number of hydrogen-bond donors (Lipinski definition) is 0. The molecule has 0 aromatic heterocycles. The van der Waals surface area contributed by atoms with Gasteiger partial charge >= 0.3 is 6.09 Å². The van der Waals surface area contributed by atoms with Crippen molar-refractivity contribution in [1.29, 1.82) is 0 Å². The summed E-state index contributed by atoms with van der Waals surface area (Å²) in [5.74, 6) is 1.15. The minimum Gasteiger partial charge on any atom is -0.490 e. The number of carbonyl (C=O) groups excluding carboxylic acids is 1. The van der Waals surface area contributed by atoms with Crippen LogP contribution in [0, 0.1) is 0 Å². The predicted molar refractivity (Wildman–Crippen MR) is 97.8 cm³/mol. The van der Waals surface area contributed by atoms with Crippen LogP contribution in [0.4, 0.5) is 10.5 Å². The number of aliphatic imine (C=N–C) groups is 1. The van der Waals surface area contributed by atoms with Crippen molar-refractivity contribution in [2.45, 2.75) is 33.4 Å². The molecule has 0 N–H and O–H groups in total. The number of methoxy groups -OCH3 is 1. The van der Waals surface area contributed by atoms with Gasteiger partial charge in [0.05, 0.1) is 38.9 Å². The molecule has 1 aliphatic heterocycles. The molecule has 25 heavy (non-hydrogen) atoms. The number of anilines is 1. The molecule has 7 heteroatoms. The second-order valence-electron chi connectivity index (χ2n) is 5.51. The quantitative estimate of drug-likeness (QED) is 0.721. The van der Waals surface area contributed by atoms with E-state index >= 15 is 0 Å². The minimum atomic E-state index is -0.453. The number of benzene rings is 1. The van der Waals surface area contributed by atoms with E-state index in [1.807, 2.05) is 36.9 Å². The number of rotatable bonds is 8. The lowest BCUT2D eigenvalue weighted by Gasteiger charge is -2.34. The van der Waals surface area contributed by atoms with Crippen molar-refractivity contribution in [1.82, 2.24) is 4.90 Å². The second kappa shape index (κ2) is 9.15. The average molecular weight is 349 g/mol. The van der Waals surface area contributed by atoms with Gasteiger partial charge in [-0.2, -0.15) is 0 Å². The van der Waals surface area contributed by atoms with Crippen molar-refractivity contribution in [3.8, 4) is 11.5 Å². The molecule has 0 saturated heterocycles.